The highest BCUT2D eigenvalue weighted by Crippen LogP contribution is 2.29. The van der Waals surface area contributed by atoms with Crippen LogP contribution in [0.15, 0.2) is 60.7 Å². The monoisotopic (exact) mass is 468 g/mol. The van der Waals surface area contributed by atoms with Crippen molar-refractivity contribution in [2.45, 2.75) is 27.2 Å². The standard InChI is InChI=1S/C30H32N2O3/c1-19-7-11-26-24(15-19)25(18-27(31-26)23-10-8-20(2)21(3)16-23)30(33)32(4)14-13-22-9-12-28(34-5)29(17-22)35-6/h7-12,15-18H,13-14H2,1-6H3. The van der Waals surface area contributed by atoms with Crippen LogP contribution in [0.5, 0.6) is 11.5 Å². The van der Waals surface area contributed by atoms with Crippen molar-refractivity contribution in [3.05, 3.63) is 88.5 Å². The second-order valence-electron chi connectivity index (χ2n) is 9.04. The molecule has 5 nitrogen and oxygen atoms in total. The summed E-state index contributed by atoms with van der Waals surface area (Å²) in [5, 5.41) is 0.876. The van der Waals surface area contributed by atoms with Crippen molar-refractivity contribution in [1.82, 2.24) is 9.88 Å². The molecular formula is C30H32N2O3. The number of hydrogen-bond acceptors (Lipinski definition) is 4. The van der Waals surface area contributed by atoms with E-state index in [0.29, 0.717) is 30.0 Å². The summed E-state index contributed by atoms with van der Waals surface area (Å²) in [7, 11) is 5.10. The van der Waals surface area contributed by atoms with Gasteiger partial charge in [-0.15, -0.1) is 0 Å². The Kier molecular flexibility index (Phi) is 7.06. The molecule has 35 heavy (non-hydrogen) atoms. The smallest absolute Gasteiger partial charge is 0.254 e. The Labute approximate surface area is 207 Å². The number of ether oxygens (including phenoxy) is 2. The van der Waals surface area contributed by atoms with E-state index >= 15 is 0 Å². The molecule has 4 aromatic rings. The number of methoxy groups -OCH3 is 2. The van der Waals surface area contributed by atoms with Gasteiger partial charge in [0.15, 0.2) is 11.5 Å². The van der Waals surface area contributed by atoms with E-state index in [-0.39, 0.29) is 5.91 Å². The van der Waals surface area contributed by atoms with Crippen LogP contribution < -0.4 is 9.47 Å². The molecule has 0 fully saturated rings. The number of hydrogen-bond donors (Lipinski definition) is 0. The minimum atomic E-state index is -0.0199. The molecule has 0 unspecified atom stereocenters. The first-order valence-corrected chi connectivity index (χ1v) is 11.8. The van der Waals surface area contributed by atoms with Crippen LogP contribution >= 0.6 is 0 Å². The Hall–Kier alpha value is -3.86. The number of benzene rings is 3. The fraction of sp³-hybridized carbons (Fsp3) is 0.267. The molecule has 1 aromatic heterocycles. The molecule has 4 rings (SSSR count). The van der Waals surface area contributed by atoms with E-state index in [9.17, 15) is 4.79 Å². The SMILES string of the molecule is COc1ccc(CCN(C)C(=O)c2cc(-c3ccc(C)c(C)c3)nc3ccc(C)cc23)cc1OC. The summed E-state index contributed by atoms with van der Waals surface area (Å²) in [5.74, 6) is 1.36. The van der Waals surface area contributed by atoms with Gasteiger partial charge in [-0.05, 0) is 80.3 Å². The van der Waals surface area contributed by atoms with E-state index in [2.05, 4.69) is 32.0 Å². The van der Waals surface area contributed by atoms with Crippen LogP contribution in [0.4, 0.5) is 0 Å². The second kappa shape index (κ2) is 10.2. The molecule has 0 N–H and O–H groups in total. The maximum atomic E-state index is 13.7. The number of fused-ring (bicyclic) bond motifs is 1. The number of aromatic nitrogens is 1. The van der Waals surface area contributed by atoms with Gasteiger partial charge in [-0.2, -0.15) is 0 Å². The summed E-state index contributed by atoms with van der Waals surface area (Å²) in [5.41, 5.74) is 7.92. The molecule has 3 aromatic carbocycles. The lowest BCUT2D eigenvalue weighted by Gasteiger charge is -2.20. The third-order valence-electron chi connectivity index (χ3n) is 6.53. The van der Waals surface area contributed by atoms with Crippen LogP contribution in [0, 0.1) is 20.8 Å². The number of likely N-dealkylation sites (N-methyl/N-ethyl adjacent to an activating group) is 1. The average Bonchev–Trinajstić information content (AvgIpc) is 2.87. The molecule has 0 saturated carbocycles. The van der Waals surface area contributed by atoms with E-state index in [4.69, 9.17) is 14.5 Å². The first kappa shape index (κ1) is 24.3. The van der Waals surface area contributed by atoms with Gasteiger partial charge in [-0.25, -0.2) is 4.98 Å². The van der Waals surface area contributed by atoms with E-state index in [1.165, 1.54) is 11.1 Å². The molecule has 180 valence electrons. The molecule has 0 aliphatic carbocycles. The topological polar surface area (TPSA) is 51.7 Å². The molecule has 0 spiro atoms. The van der Waals surface area contributed by atoms with Crippen LogP contribution in [-0.4, -0.2) is 43.6 Å². The minimum Gasteiger partial charge on any atom is -0.493 e. The summed E-state index contributed by atoms with van der Waals surface area (Å²) < 4.78 is 10.7. The first-order chi connectivity index (χ1) is 16.8. The van der Waals surface area contributed by atoms with Gasteiger partial charge in [0.25, 0.3) is 5.91 Å². The lowest BCUT2D eigenvalue weighted by Crippen LogP contribution is -2.29. The summed E-state index contributed by atoms with van der Waals surface area (Å²) in [4.78, 5) is 20.3. The number of carbonyl (C=O) groups is 1. The summed E-state index contributed by atoms with van der Waals surface area (Å²) >= 11 is 0. The molecule has 5 heteroatoms. The zero-order chi connectivity index (χ0) is 25.1. The zero-order valence-corrected chi connectivity index (χ0v) is 21.3. The van der Waals surface area contributed by atoms with E-state index in [0.717, 1.165) is 33.3 Å². The van der Waals surface area contributed by atoms with Gasteiger partial charge in [-0.1, -0.05) is 29.8 Å². The summed E-state index contributed by atoms with van der Waals surface area (Å²) in [6, 6.07) is 20.2. The van der Waals surface area contributed by atoms with Gasteiger partial charge < -0.3 is 14.4 Å². The highest BCUT2D eigenvalue weighted by Gasteiger charge is 2.18. The molecule has 0 atom stereocenters. The van der Waals surface area contributed by atoms with Crippen molar-refractivity contribution < 1.29 is 14.3 Å². The largest absolute Gasteiger partial charge is 0.493 e. The number of aryl methyl sites for hydroxylation is 3. The number of nitrogens with zero attached hydrogens (tertiary/aromatic N) is 2. The highest BCUT2D eigenvalue weighted by atomic mass is 16.5. The minimum absolute atomic E-state index is 0.0199. The van der Waals surface area contributed by atoms with Crippen LogP contribution in [0.25, 0.3) is 22.2 Å². The molecule has 0 aliphatic heterocycles. The Bertz CT molecular complexity index is 1390. The van der Waals surface area contributed by atoms with Crippen molar-refractivity contribution in [2.75, 3.05) is 27.8 Å². The van der Waals surface area contributed by atoms with Gasteiger partial charge in [0.1, 0.15) is 0 Å². The van der Waals surface area contributed by atoms with Crippen molar-refractivity contribution in [3.8, 4) is 22.8 Å². The van der Waals surface area contributed by atoms with Gasteiger partial charge in [0.2, 0.25) is 0 Å². The summed E-state index contributed by atoms with van der Waals surface area (Å²) in [6.45, 7) is 6.80. The van der Waals surface area contributed by atoms with E-state index in [1.54, 1.807) is 19.1 Å². The molecule has 0 radical (unpaired) electrons. The van der Waals surface area contributed by atoms with Crippen LogP contribution in [-0.2, 0) is 6.42 Å². The Morgan fingerprint density at radius 1 is 0.857 bits per heavy atom. The van der Waals surface area contributed by atoms with Gasteiger partial charge in [0.05, 0.1) is 31.0 Å². The fourth-order valence-corrected chi connectivity index (χ4v) is 4.21. The Morgan fingerprint density at radius 3 is 2.34 bits per heavy atom. The van der Waals surface area contributed by atoms with Crippen molar-refractivity contribution in [2.24, 2.45) is 0 Å². The van der Waals surface area contributed by atoms with Gasteiger partial charge in [0, 0.05) is 24.5 Å². The quantitative estimate of drug-likeness (QED) is 0.326. The molecule has 0 aliphatic rings. The first-order valence-electron chi connectivity index (χ1n) is 11.8. The zero-order valence-electron chi connectivity index (χ0n) is 21.3. The maximum absolute atomic E-state index is 13.7. The van der Waals surface area contributed by atoms with E-state index in [1.807, 2.05) is 56.4 Å². The fourth-order valence-electron chi connectivity index (χ4n) is 4.21. The number of amides is 1. The third kappa shape index (κ3) is 5.14. The van der Waals surface area contributed by atoms with Gasteiger partial charge >= 0.3 is 0 Å². The number of carbonyl (C=O) groups excluding carboxylic acids is 1. The molecule has 0 bridgehead atoms. The van der Waals surface area contributed by atoms with Crippen molar-refractivity contribution >= 4 is 16.8 Å². The van der Waals surface area contributed by atoms with E-state index < -0.39 is 0 Å². The predicted octanol–water partition coefficient (Wildman–Crippen LogP) is 6.16. The lowest BCUT2D eigenvalue weighted by molar-refractivity contribution is 0.0798. The van der Waals surface area contributed by atoms with Crippen molar-refractivity contribution in [3.63, 3.8) is 0 Å². The number of rotatable bonds is 7. The molecule has 1 heterocycles. The van der Waals surface area contributed by atoms with Gasteiger partial charge in [-0.3, -0.25) is 4.79 Å². The average molecular weight is 469 g/mol. The molecule has 1 amide bonds. The summed E-state index contributed by atoms with van der Waals surface area (Å²) in [6.07, 6.45) is 0.703. The van der Waals surface area contributed by atoms with Crippen LogP contribution in [0.3, 0.4) is 0 Å². The van der Waals surface area contributed by atoms with Crippen LogP contribution in [0.1, 0.15) is 32.6 Å². The third-order valence-corrected chi connectivity index (χ3v) is 6.53. The van der Waals surface area contributed by atoms with Crippen LogP contribution in [0.2, 0.25) is 0 Å². The number of pyridine rings is 1. The molecular weight excluding hydrogens is 436 g/mol. The normalized spacial score (nSPS) is 10.9. The predicted molar refractivity (Wildman–Crippen MR) is 142 cm³/mol. The van der Waals surface area contributed by atoms with Crippen molar-refractivity contribution in [1.29, 1.82) is 0 Å². The molecule has 0 saturated heterocycles. The second-order valence-corrected chi connectivity index (χ2v) is 9.04. The lowest BCUT2D eigenvalue weighted by atomic mass is 9.99. The highest BCUT2D eigenvalue weighted by molar-refractivity contribution is 6.07. The Morgan fingerprint density at radius 2 is 1.63 bits per heavy atom. The maximum Gasteiger partial charge on any atom is 0.254 e. The Balaban J connectivity index is 1.66.